The molecule has 4 rings (SSSR count). The minimum Gasteiger partial charge on any atom is -0.493 e. The van der Waals surface area contributed by atoms with Gasteiger partial charge in [-0.15, -0.1) is 0 Å². The summed E-state index contributed by atoms with van der Waals surface area (Å²) in [5.74, 6) is 1.93. The molecule has 1 aliphatic carbocycles. The number of carbonyl (C=O) groups is 1. The fourth-order valence-electron chi connectivity index (χ4n) is 4.71. The Hall–Kier alpha value is -2.69. The molecule has 0 aromatic heterocycles. The van der Waals surface area contributed by atoms with Gasteiger partial charge in [0.25, 0.3) is 0 Å². The van der Waals surface area contributed by atoms with Gasteiger partial charge in [-0.05, 0) is 42.9 Å². The van der Waals surface area contributed by atoms with E-state index in [1.54, 1.807) is 14.2 Å². The van der Waals surface area contributed by atoms with Crippen molar-refractivity contribution in [2.24, 2.45) is 0 Å². The summed E-state index contributed by atoms with van der Waals surface area (Å²) in [7, 11) is 3.36. The summed E-state index contributed by atoms with van der Waals surface area (Å²) in [5, 5.41) is 0. The third-order valence-corrected chi connectivity index (χ3v) is 5.99. The molecule has 1 saturated heterocycles. The van der Waals surface area contributed by atoms with Crippen LogP contribution in [0.3, 0.4) is 0 Å². The summed E-state index contributed by atoms with van der Waals surface area (Å²) in [5.41, 5.74) is 3.52. The standard InChI is InChI=1S/C23H27NO4/c1-26-21-13-11-17-18-9-6-14-24(20(18)12-10-19(17)22(21)27-2)23(25)28-15-16-7-4-3-5-8-16/h3-5,7-8,11,13,18,20H,6,9-10,12,14-15H2,1-2H3/t18-,20-/m1/s1. The largest absolute Gasteiger partial charge is 0.493 e. The van der Waals surface area contributed by atoms with E-state index >= 15 is 0 Å². The van der Waals surface area contributed by atoms with Gasteiger partial charge >= 0.3 is 6.09 Å². The Morgan fingerprint density at radius 1 is 1.07 bits per heavy atom. The van der Waals surface area contributed by atoms with Crippen molar-refractivity contribution in [3.8, 4) is 11.5 Å². The minimum absolute atomic E-state index is 0.183. The lowest BCUT2D eigenvalue weighted by Gasteiger charge is -2.44. The van der Waals surface area contributed by atoms with Crippen molar-refractivity contribution in [3.63, 3.8) is 0 Å². The Kier molecular flexibility index (Phi) is 5.42. The third-order valence-electron chi connectivity index (χ3n) is 5.99. The predicted octanol–water partition coefficient (Wildman–Crippen LogP) is 4.53. The molecule has 0 unspecified atom stereocenters. The Morgan fingerprint density at radius 3 is 2.64 bits per heavy atom. The molecule has 0 N–H and O–H groups in total. The van der Waals surface area contributed by atoms with Crippen LogP contribution < -0.4 is 9.47 Å². The lowest BCUT2D eigenvalue weighted by atomic mass is 9.74. The number of hydrogen-bond acceptors (Lipinski definition) is 4. The van der Waals surface area contributed by atoms with E-state index in [0.717, 1.165) is 49.3 Å². The average molecular weight is 381 g/mol. The number of amides is 1. The molecule has 1 amide bonds. The molecule has 0 radical (unpaired) electrons. The zero-order valence-corrected chi connectivity index (χ0v) is 16.5. The summed E-state index contributed by atoms with van der Waals surface area (Å²) >= 11 is 0. The number of carbonyl (C=O) groups excluding carboxylic acids is 1. The summed E-state index contributed by atoms with van der Waals surface area (Å²) in [6, 6.07) is 14.1. The molecule has 2 aromatic rings. The van der Waals surface area contributed by atoms with Crippen LogP contribution in [0.1, 0.15) is 41.9 Å². The second-order valence-electron chi connectivity index (χ2n) is 7.46. The molecule has 1 aliphatic heterocycles. The van der Waals surface area contributed by atoms with Crippen LogP contribution in [0.5, 0.6) is 11.5 Å². The number of hydrogen-bond donors (Lipinski definition) is 0. The Labute approximate surface area is 166 Å². The summed E-state index contributed by atoms with van der Waals surface area (Å²) in [6.45, 7) is 1.08. The van der Waals surface area contributed by atoms with E-state index in [1.165, 1.54) is 11.1 Å². The first kappa shape index (κ1) is 18.7. The van der Waals surface area contributed by atoms with Gasteiger partial charge in [0.05, 0.1) is 14.2 Å². The first-order valence-electron chi connectivity index (χ1n) is 9.94. The van der Waals surface area contributed by atoms with E-state index in [1.807, 2.05) is 41.3 Å². The molecule has 5 heteroatoms. The fourth-order valence-corrected chi connectivity index (χ4v) is 4.71. The highest BCUT2D eigenvalue weighted by atomic mass is 16.6. The monoisotopic (exact) mass is 381 g/mol. The zero-order valence-electron chi connectivity index (χ0n) is 16.5. The molecule has 0 spiro atoms. The van der Waals surface area contributed by atoms with Crippen LogP contribution in [-0.2, 0) is 17.8 Å². The van der Waals surface area contributed by atoms with E-state index in [9.17, 15) is 4.79 Å². The van der Waals surface area contributed by atoms with E-state index in [0.29, 0.717) is 12.5 Å². The molecular weight excluding hydrogens is 354 g/mol. The highest BCUT2D eigenvalue weighted by Gasteiger charge is 2.40. The number of ether oxygens (including phenoxy) is 3. The number of piperidine rings is 1. The van der Waals surface area contributed by atoms with Gasteiger partial charge in [-0.25, -0.2) is 4.79 Å². The van der Waals surface area contributed by atoms with Crippen molar-refractivity contribution in [1.29, 1.82) is 0 Å². The van der Waals surface area contributed by atoms with E-state index < -0.39 is 0 Å². The van der Waals surface area contributed by atoms with Gasteiger partial charge in [0.15, 0.2) is 11.5 Å². The molecule has 2 aliphatic rings. The molecule has 2 aromatic carbocycles. The van der Waals surface area contributed by atoms with Gasteiger partial charge in [0, 0.05) is 24.1 Å². The van der Waals surface area contributed by atoms with Crippen LogP contribution in [0.15, 0.2) is 42.5 Å². The molecule has 148 valence electrons. The number of nitrogens with zero attached hydrogens (tertiary/aromatic N) is 1. The highest BCUT2D eigenvalue weighted by molar-refractivity contribution is 5.69. The van der Waals surface area contributed by atoms with Gasteiger partial charge in [-0.2, -0.15) is 0 Å². The van der Waals surface area contributed by atoms with Crippen molar-refractivity contribution in [3.05, 3.63) is 59.2 Å². The number of fused-ring (bicyclic) bond motifs is 3. The van der Waals surface area contributed by atoms with Crippen LogP contribution in [0.4, 0.5) is 4.79 Å². The normalized spacial score (nSPS) is 20.7. The Morgan fingerprint density at radius 2 is 1.89 bits per heavy atom. The number of methoxy groups -OCH3 is 2. The van der Waals surface area contributed by atoms with Crippen LogP contribution in [0.25, 0.3) is 0 Å². The molecule has 0 bridgehead atoms. The lowest BCUT2D eigenvalue weighted by molar-refractivity contribution is 0.0566. The second kappa shape index (κ2) is 8.13. The van der Waals surface area contributed by atoms with Crippen LogP contribution in [0.2, 0.25) is 0 Å². The van der Waals surface area contributed by atoms with Gasteiger partial charge in [0.1, 0.15) is 6.61 Å². The van der Waals surface area contributed by atoms with E-state index in [-0.39, 0.29) is 12.1 Å². The maximum absolute atomic E-state index is 12.8. The number of benzene rings is 2. The molecular formula is C23H27NO4. The minimum atomic E-state index is -0.206. The molecule has 1 heterocycles. The highest BCUT2D eigenvalue weighted by Crippen LogP contribution is 2.46. The number of rotatable bonds is 4. The van der Waals surface area contributed by atoms with Gasteiger partial charge in [0.2, 0.25) is 0 Å². The lowest BCUT2D eigenvalue weighted by Crippen LogP contribution is -2.49. The van der Waals surface area contributed by atoms with Crippen molar-refractivity contribution >= 4 is 6.09 Å². The quantitative estimate of drug-likeness (QED) is 0.780. The van der Waals surface area contributed by atoms with Gasteiger partial charge in [-0.1, -0.05) is 36.4 Å². The predicted molar refractivity (Wildman–Crippen MR) is 107 cm³/mol. The number of likely N-dealkylation sites (tertiary alicyclic amines) is 1. The van der Waals surface area contributed by atoms with Crippen molar-refractivity contribution in [1.82, 2.24) is 4.90 Å². The summed E-state index contributed by atoms with van der Waals surface area (Å²) in [4.78, 5) is 14.8. The fraction of sp³-hybridized carbons (Fsp3) is 0.435. The van der Waals surface area contributed by atoms with E-state index in [2.05, 4.69) is 6.07 Å². The van der Waals surface area contributed by atoms with E-state index in [4.69, 9.17) is 14.2 Å². The molecule has 28 heavy (non-hydrogen) atoms. The van der Waals surface area contributed by atoms with Crippen LogP contribution >= 0.6 is 0 Å². The van der Waals surface area contributed by atoms with Gasteiger partial charge < -0.3 is 19.1 Å². The topological polar surface area (TPSA) is 48.0 Å². The maximum Gasteiger partial charge on any atom is 0.410 e. The maximum atomic E-state index is 12.8. The smallest absolute Gasteiger partial charge is 0.410 e. The average Bonchev–Trinajstić information content (AvgIpc) is 2.76. The molecule has 2 atom stereocenters. The van der Waals surface area contributed by atoms with Crippen molar-refractivity contribution in [2.75, 3.05) is 20.8 Å². The Bertz CT molecular complexity index is 836. The zero-order chi connectivity index (χ0) is 19.5. The van der Waals surface area contributed by atoms with Crippen molar-refractivity contribution < 1.29 is 19.0 Å². The summed E-state index contributed by atoms with van der Waals surface area (Å²) < 4.78 is 16.7. The molecule has 1 fully saturated rings. The first-order valence-corrected chi connectivity index (χ1v) is 9.94. The third kappa shape index (κ3) is 3.41. The van der Waals surface area contributed by atoms with Crippen LogP contribution in [-0.4, -0.2) is 37.8 Å². The van der Waals surface area contributed by atoms with Gasteiger partial charge in [-0.3, -0.25) is 0 Å². The second-order valence-corrected chi connectivity index (χ2v) is 7.46. The molecule has 0 saturated carbocycles. The Balaban J connectivity index is 1.52. The SMILES string of the molecule is COc1ccc2c(c1OC)CC[C@@H]1[C@@H]2CCCN1C(=O)OCc1ccccc1. The first-order chi connectivity index (χ1) is 13.7. The van der Waals surface area contributed by atoms with Crippen molar-refractivity contribution in [2.45, 2.75) is 44.2 Å². The molecule has 5 nitrogen and oxygen atoms in total. The van der Waals surface area contributed by atoms with Crippen LogP contribution in [0, 0.1) is 0 Å². The summed E-state index contributed by atoms with van der Waals surface area (Å²) in [6.07, 6.45) is 3.65.